The summed E-state index contributed by atoms with van der Waals surface area (Å²) in [5, 5.41) is 12.9. The van der Waals surface area contributed by atoms with Gasteiger partial charge in [0.05, 0.1) is 0 Å². The van der Waals surface area contributed by atoms with Crippen molar-refractivity contribution in [3.63, 3.8) is 0 Å². The summed E-state index contributed by atoms with van der Waals surface area (Å²) in [6.45, 7) is 7.59. The average molecular weight is 332 g/mol. The third-order valence-electron chi connectivity index (χ3n) is 2.59. The number of hydrogen-bond donors (Lipinski definition) is 2. The van der Waals surface area contributed by atoms with Crippen LogP contribution in [0.3, 0.4) is 0 Å². The Bertz CT molecular complexity index is 371. The molecule has 0 aliphatic heterocycles. The molecule has 1 rings (SSSR count). The van der Waals surface area contributed by atoms with Crippen molar-refractivity contribution in [2.45, 2.75) is 49.9 Å². The van der Waals surface area contributed by atoms with Gasteiger partial charge in [0, 0.05) is 33.8 Å². The van der Waals surface area contributed by atoms with Crippen LogP contribution in [0.5, 0.6) is 0 Å². The number of hydrogen-bond acceptors (Lipinski definition) is 3. The number of halogens is 1. The summed E-state index contributed by atoms with van der Waals surface area (Å²) in [4.78, 5) is 1.30. The molecule has 2 N–H and O–H groups in total. The predicted octanol–water partition coefficient (Wildman–Crippen LogP) is 3.81. The molecule has 0 bridgehead atoms. The van der Waals surface area contributed by atoms with Crippen molar-refractivity contribution in [2.24, 2.45) is 0 Å². The topological polar surface area (TPSA) is 32.3 Å². The molecule has 0 heterocycles. The standard InChI is InChI=1S/C14H22BrNOS/c1-10(2)16-9-12-8-13(15)4-5-14(12)18-11(3)6-7-17/h4-5,8,10-11,16-17H,6-7,9H2,1-3H3. The first-order chi connectivity index (χ1) is 8.52. The molecule has 1 atom stereocenters. The summed E-state index contributed by atoms with van der Waals surface area (Å²) >= 11 is 5.36. The van der Waals surface area contributed by atoms with Crippen molar-refractivity contribution in [2.75, 3.05) is 6.61 Å². The Morgan fingerprint density at radius 3 is 2.67 bits per heavy atom. The van der Waals surface area contributed by atoms with Crippen LogP contribution in [0.2, 0.25) is 0 Å². The van der Waals surface area contributed by atoms with Gasteiger partial charge in [0.25, 0.3) is 0 Å². The van der Waals surface area contributed by atoms with E-state index in [2.05, 4.69) is 60.2 Å². The van der Waals surface area contributed by atoms with Crippen molar-refractivity contribution in [3.8, 4) is 0 Å². The molecule has 4 heteroatoms. The first-order valence-corrected chi connectivity index (χ1v) is 7.99. The van der Waals surface area contributed by atoms with E-state index in [-0.39, 0.29) is 6.61 Å². The highest BCUT2D eigenvalue weighted by atomic mass is 79.9. The van der Waals surface area contributed by atoms with Crippen molar-refractivity contribution in [1.82, 2.24) is 5.32 Å². The fraction of sp³-hybridized carbons (Fsp3) is 0.571. The molecule has 0 amide bonds. The van der Waals surface area contributed by atoms with Crippen LogP contribution >= 0.6 is 27.7 Å². The van der Waals surface area contributed by atoms with Crippen LogP contribution in [0, 0.1) is 0 Å². The van der Waals surface area contributed by atoms with Crippen LogP contribution in [0.25, 0.3) is 0 Å². The number of thioether (sulfide) groups is 1. The van der Waals surface area contributed by atoms with Gasteiger partial charge in [0.1, 0.15) is 0 Å². The SMILES string of the molecule is CC(C)NCc1cc(Br)ccc1SC(C)CCO. The van der Waals surface area contributed by atoms with Crippen molar-refractivity contribution < 1.29 is 5.11 Å². The fourth-order valence-electron chi connectivity index (χ4n) is 1.57. The lowest BCUT2D eigenvalue weighted by Crippen LogP contribution is -2.22. The number of rotatable bonds is 7. The molecule has 0 saturated heterocycles. The summed E-state index contributed by atoms with van der Waals surface area (Å²) in [7, 11) is 0. The molecule has 0 radical (unpaired) electrons. The molecule has 0 aliphatic rings. The zero-order valence-electron chi connectivity index (χ0n) is 11.2. The van der Waals surface area contributed by atoms with E-state index in [0.717, 1.165) is 17.4 Å². The Labute approximate surface area is 123 Å². The van der Waals surface area contributed by atoms with Gasteiger partial charge >= 0.3 is 0 Å². The lowest BCUT2D eigenvalue weighted by molar-refractivity contribution is 0.289. The molecule has 0 aromatic heterocycles. The van der Waals surface area contributed by atoms with E-state index >= 15 is 0 Å². The molecule has 0 aliphatic carbocycles. The van der Waals surface area contributed by atoms with Gasteiger partial charge in [0.2, 0.25) is 0 Å². The maximum absolute atomic E-state index is 8.97. The maximum Gasteiger partial charge on any atom is 0.0441 e. The van der Waals surface area contributed by atoms with Gasteiger partial charge < -0.3 is 10.4 Å². The van der Waals surface area contributed by atoms with Crippen molar-refractivity contribution in [1.29, 1.82) is 0 Å². The molecular formula is C14H22BrNOS. The average Bonchev–Trinajstić information content (AvgIpc) is 2.29. The molecule has 102 valence electrons. The summed E-state index contributed by atoms with van der Waals surface area (Å²) in [5.41, 5.74) is 1.31. The number of aliphatic hydroxyl groups excluding tert-OH is 1. The van der Waals surface area contributed by atoms with E-state index in [1.165, 1.54) is 10.5 Å². The van der Waals surface area contributed by atoms with Crippen LogP contribution in [-0.2, 0) is 6.54 Å². The van der Waals surface area contributed by atoms with E-state index in [0.29, 0.717) is 11.3 Å². The fourth-order valence-corrected chi connectivity index (χ4v) is 3.07. The van der Waals surface area contributed by atoms with E-state index in [1.54, 1.807) is 0 Å². The molecule has 2 nitrogen and oxygen atoms in total. The normalized spacial score (nSPS) is 13.0. The van der Waals surface area contributed by atoms with Gasteiger partial charge in [-0.3, -0.25) is 0 Å². The van der Waals surface area contributed by atoms with E-state index in [1.807, 2.05) is 11.8 Å². The molecule has 1 unspecified atom stereocenters. The minimum absolute atomic E-state index is 0.254. The lowest BCUT2D eigenvalue weighted by atomic mass is 10.2. The number of aliphatic hydroxyl groups is 1. The van der Waals surface area contributed by atoms with Crippen molar-refractivity contribution in [3.05, 3.63) is 28.2 Å². The largest absolute Gasteiger partial charge is 0.396 e. The monoisotopic (exact) mass is 331 g/mol. The molecular weight excluding hydrogens is 310 g/mol. The molecule has 0 saturated carbocycles. The quantitative estimate of drug-likeness (QED) is 0.745. The first kappa shape index (κ1) is 16.0. The number of nitrogens with one attached hydrogen (secondary N) is 1. The predicted molar refractivity (Wildman–Crippen MR) is 83.1 cm³/mol. The highest BCUT2D eigenvalue weighted by Gasteiger charge is 2.09. The van der Waals surface area contributed by atoms with Crippen LogP contribution in [0.4, 0.5) is 0 Å². The summed E-state index contributed by atoms with van der Waals surface area (Å²) < 4.78 is 1.11. The minimum atomic E-state index is 0.254. The Balaban J connectivity index is 2.75. The zero-order valence-corrected chi connectivity index (χ0v) is 13.6. The second kappa shape index (κ2) is 8.20. The molecule has 0 fully saturated rings. The van der Waals surface area contributed by atoms with Gasteiger partial charge in [0.15, 0.2) is 0 Å². The second-order valence-electron chi connectivity index (χ2n) is 4.73. The third kappa shape index (κ3) is 5.74. The molecule has 1 aromatic carbocycles. The van der Waals surface area contributed by atoms with E-state index in [4.69, 9.17) is 5.11 Å². The van der Waals surface area contributed by atoms with E-state index in [9.17, 15) is 0 Å². The van der Waals surface area contributed by atoms with Gasteiger partial charge in [-0.1, -0.05) is 36.7 Å². The maximum atomic E-state index is 8.97. The van der Waals surface area contributed by atoms with E-state index < -0.39 is 0 Å². The smallest absolute Gasteiger partial charge is 0.0441 e. The summed E-state index contributed by atoms with van der Waals surface area (Å²) in [6, 6.07) is 6.88. The molecule has 1 aromatic rings. The molecule has 0 spiro atoms. The minimum Gasteiger partial charge on any atom is -0.396 e. The zero-order chi connectivity index (χ0) is 13.5. The van der Waals surface area contributed by atoms with Crippen LogP contribution in [-0.4, -0.2) is 23.0 Å². The van der Waals surface area contributed by atoms with Gasteiger partial charge in [-0.05, 0) is 30.2 Å². The second-order valence-corrected chi connectivity index (χ2v) is 7.12. The summed E-state index contributed by atoms with van der Waals surface area (Å²) in [6.07, 6.45) is 0.831. The highest BCUT2D eigenvalue weighted by Crippen LogP contribution is 2.30. The Morgan fingerprint density at radius 1 is 1.33 bits per heavy atom. The van der Waals surface area contributed by atoms with Gasteiger partial charge in [-0.2, -0.15) is 0 Å². The lowest BCUT2D eigenvalue weighted by Gasteiger charge is -2.15. The Kier molecular flexibility index (Phi) is 7.30. The number of benzene rings is 1. The van der Waals surface area contributed by atoms with Crippen LogP contribution in [0.1, 0.15) is 32.8 Å². The third-order valence-corrected chi connectivity index (χ3v) is 4.37. The molecule has 18 heavy (non-hydrogen) atoms. The Morgan fingerprint density at radius 2 is 2.06 bits per heavy atom. The Hall–Kier alpha value is -0.0300. The summed E-state index contributed by atoms with van der Waals surface area (Å²) in [5.74, 6) is 0. The van der Waals surface area contributed by atoms with Crippen LogP contribution < -0.4 is 5.32 Å². The van der Waals surface area contributed by atoms with Gasteiger partial charge in [-0.15, -0.1) is 11.8 Å². The van der Waals surface area contributed by atoms with Crippen LogP contribution in [0.15, 0.2) is 27.6 Å². The van der Waals surface area contributed by atoms with Gasteiger partial charge in [-0.25, -0.2) is 0 Å². The highest BCUT2D eigenvalue weighted by molar-refractivity contribution is 9.10. The first-order valence-electron chi connectivity index (χ1n) is 6.32. The van der Waals surface area contributed by atoms with Crippen molar-refractivity contribution >= 4 is 27.7 Å².